The first-order valence-electron chi connectivity index (χ1n) is 8.65. The predicted octanol–water partition coefficient (Wildman–Crippen LogP) is 2.05. The van der Waals surface area contributed by atoms with Gasteiger partial charge in [-0.2, -0.15) is 11.8 Å². The molecule has 148 valence electrons. The van der Waals surface area contributed by atoms with Crippen LogP contribution in [-0.4, -0.2) is 62.1 Å². The molecule has 1 aliphatic rings. The van der Waals surface area contributed by atoms with E-state index in [0.29, 0.717) is 32.1 Å². The second-order valence-corrected chi connectivity index (χ2v) is 9.19. The van der Waals surface area contributed by atoms with Crippen molar-refractivity contribution in [2.75, 3.05) is 43.4 Å². The third-order valence-corrected chi connectivity index (χ3v) is 6.84. The molecular weight excluding hydrogens is 483 g/mol. The lowest BCUT2D eigenvalue weighted by molar-refractivity contribution is 0.443. The first kappa shape index (κ1) is 23.5. The Balaban J connectivity index is 0.00000338. The van der Waals surface area contributed by atoms with Crippen LogP contribution in [0, 0.1) is 6.92 Å². The van der Waals surface area contributed by atoms with Crippen molar-refractivity contribution in [1.82, 2.24) is 14.9 Å². The van der Waals surface area contributed by atoms with Crippen molar-refractivity contribution in [1.29, 1.82) is 0 Å². The van der Waals surface area contributed by atoms with Crippen LogP contribution in [0.3, 0.4) is 0 Å². The van der Waals surface area contributed by atoms with E-state index in [1.807, 2.05) is 19.1 Å². The van der Waals surface area contributed by atoms with Crippen LogP contribution in [0.2, 0.25) is 0 Å². The number of benzene rings is 1. The average Bonchev–Trinajstić information content (AvgIpc) is 2.61. The fourth-order valence-electron chi connectivity index (χ4n) is 2.55. The van der Waals surface area contributed by atoms with Crippen LogP contribution in [0.15, 0.2) is 29.3 Å². The molecule has 0 aliphatic carbocycles. The highest BCUT2D eigenvalue weighted by atomic mass is 127. The van der Waals surface area contributed by atoms with Crippen LogP contribution in [0.1, 0.15) is 18.1 Å². The summed E-state index contributed by atoms with van der Waals surface area (Å²) in [4.78, 5) is 4.56. The van der Waals surface area contributed by atoms with Crippen molar-refractivity contribution in [3.05, 3.63) is 35.4 Å². The fraction of sp³-hybridized carbons (Fsp3) is 0.588. The van der Waals surface area contributed by atoms with Crippen molar-refractivity contribution in [3.63, 3.8) is 0 Å². The molecular formula is C17H29IN4O2S2. The van der Waals surface area contributed by atoms with Crippen LogP contribution in [-0.2, 0) is 16.6 Å². The number of guanidine groups is 1. The van der Waals surface area contributed by atoms with Crippen LogP contribution in [0.4, 0.5) is 0 Å². The Kier molecular flexibility index (Phi) is 10.9. The van der Waals surface area contributed by atoms with E-state index >= 15 is 0 Å². The maximum Gasteiger partial charge on any atom is 0.215 e. The van der Waals surface area contributed by atoms with Crippen molar-refractivity contribution in [2.45, 2.75) is 20.4 Å². The second kappa shape index (κ2) is 12.0. The maximum absolute atomic E-state index is 12.4. The molecule has 1 aromatic carbocycles. The molecule has 0 spiro atoms. The van der Waals surface area contributed by atoms with Gasteiger partial charge in [-0.1, -0.05) is 24.3 Å². The van der Waals surface area contributed by atoms with Crippen LogP contribution < -0.4 is 10.6 Å². The molecule has 0 radical (unpaired) electrons. The predicted molar refractivity (Wildman–Crippen MR) is 122 cm³/mol. The summed E-state index contributed by atoms with van der Waals surface area (Å²) in [5, 5.41) is 6.30. The summed E-state index contributed by atoms with van der Waals surface area (Å²) in [6.07, 6.45) is 0. The minimum Gasteiger partial charge on any atom is -0.357 e. The largest absolute Gasteiger partial charge is 0.357 e. The normalized spacial score (nSPS) is 16.0. The first-order valence-corrected chi connectivity index (χ1v) is 11.4. The van der Waals surface area contributed by atoms with E-state index in [1.165, 1.54) is 5.56 Å². The number of thioether (sulfide) groups is 1. The Bertz CT molecular complexity index is 677. The number of nitrogens with one attached hydrogen (secondary N) is 2. The number of sulfonamides is 1. The monoisotopic (exact) mass is 512 g/mol. The van der Waals surface area contributed by atoms with E-state index in [2.05, 4.69) is 34.7 Å². The maximum atomic E-state index is 12.4. The molecule has 1 heterocycles. The van der Waals surface area contributed by atoms with Crippen molar-refractivity contribution in [2.24, 2.45) is 4.99 Å². The molecule has 1 saturated heterocycles. The van der Waals surface area contributed by atoms with Crippen LogP contribution >= 0.6 is 35.7 Å². The highest BCUT2D eigenvalue weighted by Crippen LogP contribution is 2.13. The Morgan fingerprint density at radius 1 is 1.23 bits per heavy atom. The SMILES string of the molecule is CCNC(=NCc1ccccc1C)NCCS(=O)(=O)N1CCSCC1.I. The van der Waals surface area contributed by atoms with Gasteiger partial charge in [0.15, 0.2) is 5.96 Å². The van der Waals surface area contributed by atoms with Gasteiger partial charge in [0.1, 0.15) is 0 Å². The minimum absolute atomic E-state index is 0. The molecule has 9 heteroatoms. The van der Waals surface area contributed by atoms with Crippen molar-refractivity contribution >= 4 is 51.7 Å². The van der Waals surface area contributed by atoms with Gasteiger partial charge in [0.05, 0.1) is 12.3 Å². The number of rotatable bonds is 7. The number of halogens is 1. The van der Waals surface area contributed by atoms with Gasteiger partial charge in [0, 0.05) is 37.7 Å². The quantitative estimate of drug-likeness (QED) is 0.333. The summed E-state index contributed by atoms with van der Waals surface area (Å²) in [7, 11) is -3.19. The molecule has 0 saturated carbocycles. The summed E-state index contributed by atoms with van der Waals surface area (Å²) >= 11 is 1.80. The summed E-state index contributed by atoms with van der Waals surface area (Å²) in [5.74, 6) is 2.50. The highest BCUT2D eigenvalue weighted by molar-refractivity contribution is 14.0. The molecule has 1 fully saturated rings. The van der Waals surface area contributed by atoms with Crippen molar-refractivity contribution in [3.8, 4) is 0 Å². The molecule has 0 amide bonds. The van der Waals surface area contributed by atoms with E-state index in [9.17, 15) is 8.42 Å². The third-order valence-electron chi connectivity index (χ3n) is 4.03. The van der Waals surface area contributed by atoms with Crippen molar-refractivity contribution < 1.29 is 8.42 Å². The Hall–Kier alpha value is -0.520. The summed E-state index contributed by atoms with van der Waals surface area (Å²) in [5.41, 5.74) is 2.37. The van der Waals surface area contributed by atoms with Gasteiger partial charge in [0.2, 0.25) is 10.0 Å². The Labute approximate surface area is 178 Å². The van der Waals surface area contributed by atoms with E-state index in [1.54, 1.807) is 16.1 Å². The van der Waals surface area contributed by atoms with Gasteiger partial charge in [-0.15, -0.1) is 24.0 Å². The molecule has 2 rings (SSSR count). The molecule has 2 N–H and O–H groups in total. The molecule has 1 aromatic rings. The zero-order valence-electron chi connectivity index (χ0n) is 15.4. The summed E-state index contributed by atoms with van der Waals surface area (Å²) < 4.78 is 26.3. The molecule has 6 nitrogen and oxygen atoms in total. The molecule has 0 unspecified atom stereocenters. The minimum atomic E-state index is -3.19. The second-order valence-electron chi connectivity index (χ2n) is 5.88. The highest BCUT2D eigenvalue weighted by Gasteiger charge is 2.23. The number of nitrogens with zero attached hydrogens (tertiary/aromatic N) is 2. The Morgan fingerprint density at radius 2 is 1.92 bits per heavy atom. The van der Waals surface area contributed by atoms with E-state index < -0.39 is 10.0 Å². The molecule has 0 bridgehead atoms. The van der Waals surface area contributed by atoms with Gasteiger partial charge in [-0.3, -0.25) is 0 Å². The Morgan fingerprint density at radius 3 is 2.58 bits per heavy atom. The van der Waals surface area contributed by atoms with Gasteiger partial charge in [-0.05, 0) is 25.0 Å². The zero-order chi connectivity index (χ0) is 18.1. The average molecular weight is 512 g/mol. The summed E-state index contributed by atoms with van der Waals surface area (Å²) in [6.45, 7) is 6.95. The van der Waals surface area contributed by atoms with E-state index in [4.69, 9.17) is 0 Å². The van der Waals surface area contributed by atoms with Crippen LogP contribution in [0.25, 0.3) is 0 Å². The zero-order valence-corrected chi connectivity index (χ0v) is 19.4. The summed E-state index contributed by atoms with van der Waals surface area (Å²) in [6, 6.07) is 8.13. The molecule has 1 aliphatic heterocycles. The topological polar surface area (TPSA) is 73.8 Å². The number of hydrogen-bond donors (Lipinski definition) is 2. The molecule has 0 aromatic heterocycles. The fourth-order valence-corrected chi connectivity index (χ4v) is 5.04. The standard InChI is InChI=1S/C17H28N4O2S2.HI/c1-3-18-17(20-14-16-7-5-4-6-15(16)2)19-8-13-25(22,23)21-9-11-24-12-10-21;/h4-7H,3,8-14H2,1-2H3,(H2,18,19,20);1H. The van der Waals surface area contributed by atoms with Crippen LogP contribution in [0.5, 0.6) is 0 Å². The van der Waals surface area contributed by atoms with Gasteiger partial charge in [-0.25, -0.2) is 17.7 Å². The molecule has 0 atom stereocenters. The lowest BCUT2D eigenvalue weighted by atomic mass is 10.1. The lowest BCUT2D eigenvalue weighted by Gasteiger charge is -2.25. The lowest BCUT2D eigenvalue weighted by Crippen LogP contribution is -2.44. The number of aryl methyl sites for hydroxylation is 1. The van der Waals surface area contributed by atoms with Gasteiger partial charge in [0.25, 0.3) is 0 Å². The van der Waals surface area contributed by atoms with E-state index in [-0.39, 0.29) is 29.7 Å². The van der Waals surface area contributed by atoms with Gasteiger partial charge < -0.3 is 10.6 Å². The smallest absolute Gasteiger partial charge is 0.215 e. The number of aliphatic imine (C=N–C) groups is 1. The first-order chi connectivity index (χ1) is 12.0. The third kappa shape index (κ3) is 7.61. The molecule has 26 heavy (non-hydrogen) atoms. The van der Waals surface area contributed by atoms with Gasteiger partial charge >= 0.3 is 0 Å². The van der Waals surface area contributed by atoms with E-state index in [0.717, 1.165) is 23.6 Å². The number of hydrogen-bond acceptors (Lipinski definition) is 4.